The summed E-state index contributed by atoms with van der Waals surface area (Å²) < 4.78 is 1.19. The lowest BCUT2D eigenvalue weighted by molar-refractivity contribution is 0.399. The van der Waals surface area contributed by atoms with E-state index in [1.54, 1.807) is 0 Å². The van der Waals surface area contributed by atoms with Crippen LogP contribution in [0.3, 0.4) is 0 Å². The van der Waals surface area contributed by atoms with Gasteiger partial charge in [0.1, 0.15) is 0 Å². The van der Waals surface area contributed by atoms with E-state index in [0.717, 1.165) is 0 Å². The van der Waals surface area contributed by atoms with Gasteiger partial charge < -0.3 is 5.32 Å². The van der Waals surface area contributed by atoms with Crippen LogP contribution in [0, 0.1) is 0 Å². The second-order valence-electron chi connectivity index (χ2n) is 3.98. The van der Waals surface area contributed by atoms with Gasteiger partial charge in [0, 0.05) is 10.5 Å². The molecule has 1 N–H and O–H groups in total. The molecular weight excluding hydrogens is 238 g/mol. The Kier molecular flexibility index (Phi) is 3.60. The third-order valence-corrected chi connectivity index (χ3v) is 3.28. The first kappa shape index (κ1) is 10.2. The Morgan fingerprint density at radius 2 is 2.29 bits per heavy atom. The quantitative estimate of drug-likeness (QED) is 0.854. The third-order valence-electron chi connectivity index (χ3n) is 2.78. The summed E-state index contributed by atoms with van der Waals surface area (Å²) in [5.41, 5.74) is 1.43. The molecule has 1 nitrogen and oxygen atoms in total. The van der Waals surface area contributed by atoms with Crippen molar-refractivity contribution >= 4 is 15.9 Å². The van der Waals surface area contributed by atoms with Crippen LogP contribution in [-0.4, -0.2) is 12.6 Å². The van der Waals surface area contributed by atoms with Gasteiger partial charge in [-0.2, -0.15) is 0 Å². The molecule has 1 aromatic carbocycles. The van der Waals surface area contributed by atoms with E-state index in [0.29, 0.717) is 6.04 Å². The van der Waals surface area contributed by atoms with Gasteiger partial charge >= 0.3 is 0 Å². The molecule has 1 aliphatic heterocycles. The van der Waals surface area contributed by atoms with Crippen molar-refractivity contribution in [3.05, 3.63) is 34.3 Å². The van der Waals surface area contributed by atoms with Crippen LogP contribution in [0.5, 0.6) is 0 Å². The SMILES string of the molecule is Brc1cccc(C[C@H]2CCCCN2)c1. The van der Waals surface area contributed by atoms with Crippen molar-refractivity contribution in [3.8, 4) is 0 Å². The summed E-state index contributed by atoms with van der Waals surface area (Å²) in [6, 6.07) is 9.32. The highest BCUT2D eigenvalue weighted by molar-refractivity contribution is 9.10. The molecule has 1 atom stereocenters. The highest BCUT2D eigenvalue weighted by atomic mass is 79.9. The summed E-state index contributed by atoms with van der Waals surface area (Å²) in [4.78, 5) is 0. The summed E-state index contributed by atoms with van der Waals surface area (Å²) >= 11 is 3.51. The first-order valence-electron chi connectivity index (χ1n) is 5.32. The van der Waals surface area contributed by atoms with Crippen molar-refractivity contribution in [2.45, 2.75) is 31.7 Å². The Morgan fingerprint density at radius 1 is 1.36 bits per heavy atom. The fourth-order valence-electron chi connectivity index (χ4n) is 2.05. The minimum absolute atomic E-state index is 0.693. The first-order valence-corrected chi connectivity index (χ1v) is 6.12. The fourth-order valence-corrected chi connectivity index (χ4v) is 2.49. The second kappa shape index (κ2) is 4.94. The number of rotatable bonds is 2. The van der Waals surface area contributed by atoms with Crippen molar-refractivity contribution in [2.75, 3.05) is 6.54 Å². The minimum atomic E-state index is 0.693. The van der Waals surface area contributed by atoms with Gasteiger partial charge in [0.25, 0.3) is 0 Å². The Bertz CT molecular complexity index is 292. The van der Waals surface area contributed by atoms with Crippen LogP contribution in [0.2, 0.25) is 0 Å². The topological polar surface area (TPSA) is 12.0 Å². The smallest absolute Gasteiger partial charge is 0.0178 e. The van der Waals surface area contributed by atoms with E-state index in [1.807, 2.05) is 0 Å². The second-order valence-corrected chi connectivity index (χ2v) is 4.90. The van der Waals surface area contributed by atoms with Crippen molar-refractivity contribution in [1.29, 1.82) is 0 Å². The van der Waals surface area contributed by atoms with Crippen LogP contribution in [0.1, 0.15) is 24.8 Å². The Labute approximate surface area is 94.0 Å². The molecule has 1 aliphatic rings. The van der Waals surface area contributed by atoms with Crippen molar-refractivity contribution in [1.82, 2.24) is 5.32 Å². The van der Waals surface area contributed by atoms with Crippen LogP contribution >= 0.6 is 15.9 Å². The van der Waals surface area contributed by atoms with E-state index < -0.39 is 0 Å². The summed E-state index contributed by atoms with van der Waals surface area (Å²) in [6.45, 7) is 1.19. The maximum Gasteiger partial charge on any atom is 0.0178 e. The number of nitrogens with one attached hydrogen (secondary N) is 1. The monoisotopic (exact) mass is 253 g/mol. The number of halogens is 1. The molecule has 0 spiro atoms. The molecule has 0 aliphatic carbocycles. The number of hydrogen-bond acceptors (Lipinski definition) is 1. The van der Waals surface area contributed by atoms with Crippen molar-refractivity contribution in [3.63, 3.8) is 0 Å². The van der Waals surface area contributed by atoms with Crippen LogP contribution in [-0.2, 0) is 6.42 Å². The lowest BCUT2D eigenvalue weighted by Gasteiger charge is -2.23. The summed E-state index contributed by atoms with van der Waals surface area (Å²) in [5.74, 6) is 0. The normalized spacial score (nSPS) is 22.2. The summed E-state index contributed by atoms with van der Waals surface area (Å²) in [7, 11) is 0. The van der Waals surface area contributed by atoms with E-state index in [2.05, 4.69) is 45.5 Å². The molecule has 1 fully saturated rings. The fraction of sp³-hybridized carbons (Fsp3) is 0.500. The molecule has 0 radical (unpaired) electrons. The molecule has 1 aromatic rings. The van der Waals surface area contributed by atoms with Gasteiger partial charge in [-0.15, -0.1) is 0 Å². The lowest BCUT2D eigenvalue weighted by Crippen LogP contribution is -2.35. The van der Waals surface area contributed by atoms with E-state index in [1.165, 1.54) is 42.3 Å². The van der Waals surface area contributed by atoms with Crippen LogP contribution < -0.4 is 5.32 Å². The van der Waals surface area contributed by atoms with Crippen LogP contribution in [0.25, 0.3) is 0 Å². The number of benzene rings is 1. The molecular formula is C12H16BrN. The molecule has 0 amide bonds. The zero-order chi connectivity index (χ0) is 9.80. The zero-order valence-electron chi connectivity index (χ0n) is 8.30. The highest BCUT2D eigenvalue weighted by Gasteiger charge is 2.12. The van der Waals surface area contributed by atoms with Gasteiger partial charge in [0.15, 0.2) is 0 Å². The molecule has 0 saturated carbocycles. The maximum atomic E-state index is 3.57. The van der Waals surface area contributed by atoms with Gasteiger partial charge in [-0.3, -0.25) is 0 Å². The first-order chi connectivity index (χ1) is 6.84. The summed E-state index contributed by atoms with van der Waals surface area (Å²) in [6.07, 6.45) is 5.21. The molecule has 1 saturated heterocycles. The van der Waals surface area contributed by atoms with E-state index in [-0.39, 0.29) is 0 Å². The minimum Gasteiger partial charge on any atom is -0.314 e. The zero-order valence-corrected chi connectivity index (χ0v) is 9.89. The van der Waals surface area contributed by atoms with Crippen LogP contribution in [0.4, 0.5) is 0 Å². The van der Waals surface area contributed by atoms with Gasteiger partial charge in [-0.05, 0) is 43.5 Å². The maximum absolute atomic E-state index is 3.57. The van der Waals surface area contributed by atoms with Gasteiger partial charge in [-0.25, -0.2) is 0 Å². The number of hydrogen-bond donors (Lipinski definition) is 1. The van der Waals surface area contributed by atoms with Crippen molar-refractivity contribution < 1.29 is 0 Å². The van der Waals surface area contributed by atoms with Crippen molar-refractivity contribution in [2.24, 2.45) is 0 Å². The third kappa shape index (κ3) is 2.82. The lowest BCUT2D eigenvalue weighted by atomic mass is 9.98. The Morgan fingerprint density at radius 3 is 3.00 bits per heavy atom. The van der Waals surface area contributed by atoms with Crippen LogP contribution in [0.15, 0.2) is 28.7 Å². The van der Waals surface area contributed by atoms with E-state index >= 15 is 0 Å². The predicted molar refractivity (Wildman–Crippen MR) is 63.5 cm³/mol. The molecule has 2 rings (SSSR count). The van der Waals surface area contributed by atoms with Gasteiger partial charge in [0.05, 0.1) is 0 Å². The molecule has 76 valence electrons. The largest absolute Gasteiger partial charge is 0.314 e. The van der Waals surface area contributed by atoms with E-state index in [4.69, 9.17) is 0 Å². The molecule has 1 heterocycles. The number of piperidine rings is 1. The highest BCUT2D eigenvalue weighted by Crippen LogP contribution is 2.16. The van der Waals surface area contributed by atoms with Gasteiger partial charge in [-0.1, -0.05) is 34.5 Å². The average molecular weight is 254 g/mol. The van der Waals surface area contributed by atoms with E-state index in [9.17, 15) is 0 Å². The Balaban J connectivity index is 1.95. The molecule has 0 unspecified atom stereocenters. The average Bonchev–Trinajstić information content (AvgIpc) is 2.19. The molecule has 14 heavy (non-hydrogen) atoms. The molecule has 0 bridgehead atoms. The predicted octanol–water partition coefficient (Wildman–Crippen LogP) is 3.13. The molecule has 2 heteroatoms. The standard InChI is InChI=1S/C12H16BrN/c13-11-5-3-4-10(8-11)9-12-6-1-2-7-14-12/h3-5,8,12,14H,1-2,6-7,9H2/t12-/m1/s1. The summed E-state index contributed by atoms with van der Waals surface area (Å²) in [5, 5.41) is 3.57. The Hall–Kier alpha value is -0.340. The molecule has 0 aromatic heterocycles. The van der Waals surface area contributed by atoms with Gasteiger partial charge in [0.2, 0.25) is 0 Å².